The van der Waals surface area contributed by atoms with Gasteiger partial charge in [0.25, 0.3) is 0 Å². The first kappa shape index (κ1) is 19.9. The third-order valence-corrected chi connectivity index (χ3v) is 5.77. The van der Waals surface area contributed by atoms with Crippen LogP contribution in [-0.4, -0.2) is 83.1 Å². The van der Waals surface area contributed by atoms with Gasteiger partial charge in [0.2, 0.25) is 5.91 Å². The molecule has 3 heterocycles. The van der Waals surface area contributed by atoms with E-state index in [0.717, 1.165) is 51.5 Å². The number of nitrogens with zero attached hydrogens (tertiary/aromatic N) is 5. The molecule has 2 aliphatic rings. The molecule has 2 aliphatic heterocycles. The number of ether oxygens (including phenoxy) is 2. The molecule has 0 spiro atoms. The Hall–Kier alpha value is -2.36. The van der Waals surface area contributed by atoms with E-state index in [1.807, 2.05) is 30.3 Å². The van der Waals surface area contributed by atoms with E-state index in [1.54, 1.807) is 0 Å². The van der Waals surface area contributed by atoms with Crippen LogP contribution in [0.1, 0.15) is 18.0 Å². The van der Waals surface area contributed by atoms with Crippen LogP contribution in [0.5, 0.6) is 0 Å². The van der Waals surface area contributed by atoms with Crippen molar-refractivity contribution in [3.8, 4) is 0 Å². The van der Waals surface area contributed by atoms with E-state index < -0.39 is 6.04 Å². The number of nitrogens with one attached hydrogen (secondary N) is 1. The minimum Gasteiger partial charge on any atom is -0.381 e. The molecule has 9 heteroatoms. The van der Waals surface area contributed by atoms with Crippen molar-refractivity contribution < 1.29 is 14.3 Å². The Morgan fingerprint density at radius 2 is 2.00 bits per heavy atom. The molecule has 2 fully saturated rings. The summed E-state index contributed by atoms with van der Waals surface area (Å²) in [4.78, 5) is 15.6. The molecule has 0 radical (unpaired) electrons. The highest BCUT2D eigenvalue weighted by molar-refractivity contribution is 5.80. The number of tetrazole rings is 1. The standard InChI is InChI=1S/C20H28N6O3/c27-20(18(26-15-22-23-24-26)12-16-4-2-1-3-5-16)21-13-19(17-6-9-29-14-17)25-7-10-28-11-8-25/h1-5,15,17-19H,6-14H2,(H,21,27). The zero-order valence-electron chi connectivity index (χ0n) is 16.5. The van der Waals surface area contributed by atoms with Crippen LogP contribution in [0.25, 0.3) is 0 Å². The molecule has 1 amide bonds. The summed E-state index contributed by atoms with van der Waals surface area (Å²) < 4.78 is 12.7. The third kappa shape index (κ3) is 5.17. The summed E-state index contributed by atoms with van der Waals surface area (Å²) in [6.07, 6.45) is 3.06. The molecular weight excluding hydrogens is 372 g/mol. The van der Waals surface area contributed by atoms with E-state index >= 15 is 0 Å². The van der Waals surface area contributed by atoms with Gasteiger partial charge in [-0.05, 0) is 22.4 Å². The summed E-state index contributed by atoms with van der Waals surface area (Å²) in [7, 11) is 0. The average molecular weight is 400 g/mol. The molecule has 1 N–H and O–H groups in total. The van der Waals surface area contributed by atoms with Crippen LogP contribution in [-0.2, 0) is 20.7 Å². The number of rotatable bonds is 8. The summed E-state index contributed by atoms with van der Waals surface area (Å²) >= 11 is 0. The van der Waals surface area contributed by atoms with Gasteiger partial charge < -0.3 is 14.8 Å². The number of amides is 1. The van der Waals surface area contributed by atoms with E-state index in [4.69, 9.17) is 9.47 Å². The SMILES string of the molecule is O=C(NCC(C1CCOC1)N1CCOCC1)C(Cc1ccccc1)n1cnnn1. The topological polar surface area (TPSA) is 94.4 Å². The van der Waals surface area contributed by atoms with Gasteiger partial charge in [-0.25, -0.2) is 4.68 Å². The van der Waals surface area contributed by atoms with Crippen LogP contribution in [0, 0.1) is 5.92 Å². The minimum absolute atomic E-state index is 0.0710. The lowest BCUT2D eigenvalue weighted by atomic mass is 9.96. The van der Waals surface area contributed by atoms with Crippen LogP contribution in [0.3, 0.4) is 0 Å². The molecule has 2 saturated heterocycles. The largest absolute Gasteiger partial charge is 0.381 e. The number of hydrogen-bond acceptors (Lipinski definition) is 7. The Labute approximate surface area is 170 Å². The number of aromatic nitrogens is 4. The molecule has 156 valence electrons. The van der Waals surface area contributed by atoms with Crippen LogP contribution in [0.15, 0.2) is 36.7 Å². The second-order valence-corrected chi connectivity index (χ2v) is 7.58. The summed E-state index contributed by atoms with van der Waals surface area (Å²) in [5, 5.41) is 14.6. The number of benzene rings is 1. The van der Waals surface area contributed by atoms with Crippen LogP contribution >= 0.6 is 0 Å². The first-order valence-electron chi connectivity index (χ1n) is 10.2. The molecule has 0 aliphatic carbocycles. The van der Waals surface area contributed by atoms with Crippen molar-refractivity contribution in [2.24, 2.45) is 5.92 Å². The van der Waals surface area contributed by atoms with Crippen LogP contribution in [0.4, 0.5) is 0 Å². The van der Waals surface area contributed by atoms with Crippen molar-refractivity contribution in [3.63, 3.8) is 0 Å². The smallest absolute Gasteiger partial charge is 0.245 e. The van der Waals surface area contributed by atoms with E-state index in [2.05, 4.69) is 25.7 Å². The Bertz CT molecular complexity index is 745. The van der Waals surface area contributed by atoms with E-state index in [0.29, 0.717) is 18.9 Å². The van der Waals surface area contributed by atoms with E-state index in [-0.39, 0.29) is 11.9 Å². The lowest BCUT2D eigenvalue weighted by Crippen LogP contribution is -2.53. The molecule has 9 nitrogen and oxygen atoms in total. The summed E-state index contributed by atoms with van der Waals surface area (Å²) in [5.41, 5.74) is 1.07. The fraction of sp³-hybridized carbons (Fsp3) is 0.600. The van der Waals surface area contributed by atoms with Crippen molar-refractivity contribution >= 4 is 5.91 Å². The van der Waals surface area contributed by atoms with Gasteiger partial charge in [0.1, 0.15) is 12.4 Å². The minimum atomic E-state index is -0.488. The molecule has 1 aromatic carbocycles. The number of morpholine rings is 1. The maximum atomic E-state index is 13.1. The van der Waals surface area contributed by atoms with E-state index in [9.17, 15) is 4.79 Å². The molecule has 4 rings (SSSR count). The van der Waals surface area contributed by atoms with Gasteiger partial charge in [-0.1, -0.05) is 30.3 Å². The Kier molecular flexibility index (Phi) is 6.81. The van der Waals surface area contributed by atoms with Gasteiger partial charge >= 0.3 is 0 Å². The molecule has 29 heavy (non-hydrogen) atoms. The molecule has 3 atom stereocenters. The third-order valence-electron chi connectivity index (χ3n) is 5.77. The highest BCUT2D eigenvalue weighted by Gasteiger charge is 2.32. The summed E-state index contributed by atoms with van der Waals surface area (Å²) in [6, 6.07) is 9.69. The van der Waals surface area contributed by atoms with E-state index in [1.165, 1.54) is 11.0 Å². The predicted molar refractivity (Wildman–Crippen MR) is 105 cm³/mol. The number of carbonyl (C=O) groups excluding carboxylic acids is 1. The fourth-order valence-electron chi connectivity index (χ4n) is 4.14. The summed E-state index contributed by atoms with van der Waals surface area (Å²) in [5.74, 6) is 0.354. The van der Waals surface area contributed by atoms with Crippen molar-refractivity contribution in [1.82, 2.24) is 30.4 Å². The molecular formula is C20H28N6O3. The lowest BCUT2D eigenvalue weighted by Gasteiger charge is -2.37. The number of hydrogen-bond donors (Lipinski definition) is 1. The quantitative estimate of drug-likeness (QED) is 0.681. The van der Waals surface area contributed by atoms with Crippen molar-refractivity contribution in [3.05, 3.63) is 42.2 Å². The normalized spacial score (nSPS) is 22.3. The van der Waals surface area contributed by atoms with Gasteiger partial charge in [-0.2, -0.15) is 0 Å². The van der Waals surface area contributed by atoms with Crippen molar-refractivity contribution in [2.75, 3.05) is 46.1 Å². The highest BCUT2D eigenvalue weighted by atomic mass is 16.5. The van der Waals surface area contributed by atoms with Gasteiger partial charge in [0.15, 0.2) is 0 Å². The maximum Gasteiger partial charge on any atom is 0.245 e. The predicted octanol–water partition coefficient (Wildman–Crippen LogP) is 0.310. The first-order chi connectivity index (χ1) is 14.3. The second-order valence-electron chi connectivity index (χ2n) is 7.58. The average Bonchev–Trinajstić information content (AvgIpc) is 3.48. The van der Waals surface area contributed by atoms with Gasteiger partial charge in [0, 0.05) is 44.6 Å². The second kappa shape index (κ2) is 9.91. The first-order valence-corrected chi connectivity index (χ1v) is 10.2. The van der Waals surface area contributed by atoms with Crippen LogP contribution < -0.4 is 5.32 Å². The van der Waals surface area contributed by atoms with Gasteiger partial charge in [-0.3, -0.25) is 9.69 Å². The lowest BCUT2D eigenvalue weighted by molar-refractivity contribution is -0.125. The summed E-state index contributed by atoms with van der Waals surface area (Å²) in [6.45, 7) is 5.37. The van der Waals surface area contributed by atoms with Crippen LogP contribution in [0.2, 0.25) is 0 Å². The highest BCUT2D eigenvalue weighted by Crippen LogP contribution is 2.22. The zero-order chi connectivity index (χ0) is 19.9. The van der Waals surface area contributed by atoms with Crippen molar-refractivity contribution in [2.45, 2.75) is 24.9 Å². The zero-order valence-corrected chi connectivity index (χ0v) is 16.5. The fourth-order valence-corrected chi connectivity index (χ4v) is 4.14. The van der Waals surface area contributed by atoms with Gasteiger partial charge in [0.05, 0.1) is 19.8 Å². The van der Waals surface area contributed by atoms with Gasteiger partial charge in [-0.15, -0.1) is 5.10 Å². The molecule has 3 unspecified atom stereocenters. The number of carbonyl (C=O) groups is 1. The molecule has 1 aromatic heterocycles. The molecule has 0 saturated carbocycles. The Balaban J connectivity index is 1.44. The molecule has 2 aromatic rings. The monoisotopic (exact) mass is 400 g/mol. The molecule has 0 bridgehead atoms. The van der Waals surface area contributed by atoms with Crippen molar-refractivity contribution in [1.29, 1.82) is 0 Å². The Morgan fingerprint density at radius 3 is 2.69 bits per heavy atom. The maximum absolute atomic E-state index is 13.1. The Morgan fingerprint density at radius 1 is 1.17 bits per heavy atom.